The van der Waals surface area contributed by atoms with E-state index >= 15 is 0 Å². The van der Waals surface area contributed by atoms with Gasteiger partial charge in [-0.1, -0.05) is 5.16 Å². The molecule has 0 radical (unpaired) electrons. The normalized spacial score (nSPS) is 17.9. The average molecular weight is 276 g/mol. The van der Waals surface area contributed by atoms with E-state index in [0.717, 1.165) is 12.8 Å². The Morgan fingerprint density at radius 2 is 2.13 bits per heavy atom. The third-order valence-corrected chi connectivity index (χ3v) is 3.02. The lowest BCUT2D eigenvalue weighted by molar-refractivity contribution is 0.0672. The highest BCUT2D eigenvalue weighted by Gasteiger charge is 2.28. The molecule has 82 valence electrons. The van der Waals surface area contributed by atoms with Crippen molar-refractivity contribution in [3.8, 4) is 0 Å². The number of ether oxygens (including phenoxy) is 1. The van der Waals surface area contributed by atoms with Crippen molar-refractivity contribution in [1.82, 2.24) is 5.16 Å². The van der Waals surface area contributed by atoms with Gasteiger partial charge in [-0.05, 0) is 28.8 Å². The van der Waals surface area contributed by atoms with E-state index < -0.39 is 5.97 Å². The predicted octanol–water partition coefficient (Wildman–Crippen LogP) is 2.03. The van der Waals surface area contributed by atoms with Crippen LogP contribution in [-0.2, 0) is 4.74 Å². The zero-order valence-electron chi connectivity index (χ0n) is 7.90. The number of carboxylic acid groups (broad SMARTS) is 1. The standard InChI is InChI=1S/C9H10BrNO4/c10-8-6(9(12)13)7(15-11-8)5-1-3-14-4-2-5/h5H,1-4H2,(H,12,13). The lowest BCUT2D eigenvalue weighted by Crippen LogP contribution is -2.15. The van der Waals surface area contributed by atoms with Crippen molar-refractivity contribution in [1.29, 1.82) is 0 Å². The monoisotopic (exact) mass is 275 g/mol. The molecule has 0 spiro atoms. The number of nitrogens with zero attached hydrogens (tertiary/aromatic N) is 1. The number of hydrogen-bond acceptors (Lipinski definition) is 4. The Balaban J connectivity index is 2.30. The highest BCUT2D eigenvalue weighted by Crippen LogP contribution is 2.32. The first-order chi connectivity index (χ1) is 7.20. The molecule has 1 aromatic heterocycles. The van der Waals surface area contributed by atoms with Crippen LogP contribution in [0.1, 0.15) is 34.9 Å². The van der Waals surface area contributed by atoms with Gasteiger partial charge in [-0.3, -0.25) is 0 Å². The second-order valence-electron chi connectivity index (χ2n) is 3.40. The summed E-state index contributed by atoms with van der Waals surface area (Å²) in [6.45, 7) is 1.28. The number of aromatic carboxylic acids is 1. The van der Waals surface area contributed by atoms with Gasteiger partial charge >= 0.3 is 5.97 Å². The van der Waals surface area contributed by atoms with Crippen LogP contribution in [0.5, 0.6) is 0 Å². The second-order valence-corrected chi connectivity index (χ2v) is 4.16. The third-order valence-electron chi connectivity index (χ3n) is 2.48. The minimum atomic E-state index is -1.01. The summed E-state index contributed by atoms with van der Waals surface area (Å²) >= 11 is 3.07. The van der Waals surface area contributed by atoms with Crippen LogP contribution in [-0.4, -0.2) is 29.4 Å². The van der Waals surface area contributed by atoms with Crippen molar-refractivity contribution >= 4 is 21.9 Å². The van der Waals surface area contributed by atoms with Crippen LogP contribution in [0.2, 0.25) is 0 Å². The van der Waals surface area contributed by atoms with Gasteiger partial charge in [0.05, 0.1) is 0 Å². The number of carboxylic acids is 1. The molecular formula is C9H10BrNO4. The molecule has 0 aliphatic carbocycles. The van der Waals surface area contributed by atoms with E-state index in [1.807, 2.05) is 0 Å². The smallest absolute Gasteiger partial charge is 0.342 e. The van der Waals surface area contributed by atoms with Gasteiger partial charge < -0.3 is 14.4 Å². The summed E-state index contributed by atoms with van der Waals surface area (Å²) in [6, 6.07) is 0. The molecule has 1 aliphatic heterocycles. The van der Waals surface area contributed by atoms with E-state index in [-0.39, 0.29) is 16.1 Å². The summed E-state index contributed by atoms with van der Waals surface area (Å²) in [5.74, 6) is -0.453. The van der Waals surface area contributed by atoms with Crippen molar-refractivity contribution in [3.63, 3.8) is 0 Å². The maximum absolute atomic E-state index is 11.0. The number of rotatable bonds is 2. The van der Waals surface area contributed by atoms with Crippen molar-refractivity contribution in [2.45, 2.75) is 18.8 Å². The van der Waals surface area contributed by atoms with Crippen molar-refractivity contribution in [3.05, 3.63) is 15.9 Å². The van der Waals surface area contributed by atoms with Gasteiger partial charge in [-0.2, -0.15) is 0 Å². The first-order valence-electron chi connectivity index (χ1n) is 4.66. The van der Waals surface area contributed by atoms with E-state index in [0.29, 0.717) is 19.0 Å². The Morgan fingerprint density at radius 3 is 2.73 bits per heavy atom. The Hall–Kier alpha value is -0.880. The summed E-state index contributed by atoms with van der Waals surface area (Å²) in [6.07, 6.45) is 1.56. The minimum absolute atomic E-state index is 0.101. The molecule has 1 aliphatic rings. The van der Waals surface area contributed by atoms with Crippen molar-refractivity contribution in [2.75, 3.05) is 13.2 Å². The van der Waals surface area contributed by atoms with Crippen LogP contribution in [0.4, 0.5) is 0 Å². The van der Waals surface area contributed by atoms with Gasteiger partial charge in [-0.15, -0.1) is 0 Å². The number of hydrogen-bond donors (Lipinski definition) is 1. The van der Waals surface area contributed by atoms with Crippen LogP contribution in [0.15, 0.2) is 9.13 Å². The predicted molar refractivity (Wildman–Crippen MR) is 54.0 cm³/mol. The van der Waals surface area contributed by atoms with Crippen molar-refractivity contribution in [2.24, 2.45) is 0 Å². The number of halogens is 1. The Kier molecular flexibility index (Phi) is 3.06. The molecule has 1 N–H and O–H groups in total. The summed E-state index contributed by atoms with van der Waals surface area (Å²) in [7, 11) is 0. The Morgan fingerprint density at radius 1 is 1.47 bits per heavy atom. The zero-order valence-corrected chi connectivity index (χ0v) is 9.49. The highest BCUT2D eigenvalue weighted by atomic mass is 79.9. The molecule has 0 aromatic carbocycles. The lowest BCUT2D eigenvalue weighted by Gasteiger charge is -2.19. The first kappa shape index (κ1) is 10.6. The molecule has 2 heterocycles. The second kappa shape index (κ2) is 4.32. The van der Waals surface area contributed by atoms with Crippen LogP contribution in [0.3, 0.4) is 0 Å². The fraction of sp³-hybridized carbons (Fsp3) is 0.556. The highest BCUT2D eigenvalue weighted by molar-refractivity contribution is 9.10. The van der Waals surface area contributed by atoms with E-state index in [9.17, 15) is 4.79 Å². The molecule has 0 bridgehead atoms. The minimum Gasteiger partial charge on any atom is -0.477 e. The molecule has 1 fully saturated rings. The molecule has 0 amide bonds. The van der Waals surface area contributed by atoms with E-state index in [4.69, 9.17) is 14.4 Å². The van der Waals surface area contributed by atoms with E-state index in [1.54, 1.807) is 0 Å². The molecule has 1 saturated heterocycles. The van der Waals surface area contributed by atoms with Crippen molar-refractivity contribution < 1.29 is 19.2 Å². The Labute approximate surface area is 94.5 Å². The van der Waals surface area contributed by atoms with Gasteiger partial charge in [0.2, 0.25) is 0 Å². The van der Waals surface area contributed by atoms with Crippen LogP contribution >= 0.6 is 15.9 Å². The van der Waals surface area contributed by atoms with Gasteiger partial charge in [-0.25, -0.2) is 4.79 Å². The van der Waals surface area contributed by atoms with Crippen LogP contribution in [0.25, 0.3) is 0 Å². The third kappa shape index (κ3) is 2.05. The van der Waals surface area contributed by atoms with E-state index in [2.05, 4.69) is 21.1 Å². The average Bonchev–Trinajstić information content (AvgIpc) is 2.61. The van der Waals surface area contributed by atoms with Crippen LogP contribution < -0.4 is 0 Å². The summed E-state index contributed by atoms with van der Waals surface area (Å²) < 4.78 is 10.5. The number of carbonyl (C=O) groups is 1. The molecule has 15 heavy (non-hydrogen) atoms. The lowest BCUT2D eigenvalue weighted by atomic mass is 9.95. The summed E-state index contributed by atoms with van der Waals surface area (Å²) in [5, 5.41) is 12.6. The molecule has 0 saturated carbocycles. The molecule has 1 aromatic rings. The quantitative estimate of drug-likeness (QED) is 0.894. The van der Waals surface area contributed by atoms with Gasteiger partial charge in [0, 0.05) is 19.1 Å². The molecular weight excluding hydrogens is 266 g/mol. The molecule has 6 heteroatoms. The van der Waals surface area contributed by atoms with Gasteiger partial charge in [0.25, 0.3) is 0 Å². The summed E-state index contributed by atoms with van der Waals surface area (Å²) in [4.78, 5) is 11.0. The van der Waals surface area contributed by atoms with Gasteiger partial charge in [0.1, 0.15) is 5.56 Å². The summed E-state index contributed by atoms with van der Waals surface area (Å²) in [5.41, 5.74) is 0.141. The largest absolute Gasteiger partial charge is 0.477 e. The molecule has 5 nitrogen and oxygen atoms in total. The molecule has 2 rings (SSSR count). The fourth-order valence-electron chi connectivity index (χ4n) is 1.71. The SMILES string of the molecule is O=C(O)c1c(Br)noc1C1CCOCC1. The molecule has 0 atom stereocenters. The maximum atomic E-state index is 11.0. The molecule has 0 unspecified atom stereocenters. The maximum Gasteiger partial charge on any atom is 0.342 e. The Bertz CT molecular complexity index is 370. The number of aromatic nitrogens is 1. The topological polar surface area (TPSA) is 72.6 Å². The van der Waals surface area contributed by atoms with E-state index in [1.165, 1.54) is 0 Å². The van der Waals surface area contributed by atoms with Gasteiger partial charge in [0.15, 0.2) is 10.4 Å². The fourth-order valence-corrected chi connectivity index (χ4v) is 2.15. The zero-order chi connectivity index (χ0) is 10.8. The first-order valence-corrected chi connectivity index (χ1v) is 5.45. The van der Waals surface area contributed by atoms with Crippen LogP contribution in [0, 0.1) is 0 Å².